The lowest BCUT2D eigenvalue weighted by molar-refractivity contribution is -0.139. The van der Waals surface area contributed by atoms with E-state index in [0.717, 1.165) is 15.6 Å². The monoisotopic (exact) mass is 666 g/mol. The average molecular weight is 668 g/mol. The van der Waals surface area contributed by atoms with E-state index >= 15 is 0 Å². The Morgan fingerprint density at radius 1 is 1.14 bits per heavy atom. The fraction of sp³-hybridized carbons (Fsp3) is 0.194. The van der Waals surface area contributed by atoms with Crippen molar-refractivity contribution in [1.82, 2.24) is 4.57 Å². The van der Waals surface area contributed by atoms with Gasteiger partial charge in [-0.1, -0.05) is 47.2 Å². The van der Waals surface area contributed by atoms with Crippen molar-refractivity contribution in [3.63, 3.8) is 0 Å². The van der Waals surface area contributed by atoms with Crippen LogP contribution in [0.25, 0.3) is 6.08 Å². The Balaban J connectivity index is 1.37. The number of rotatable bonds is 7. The van der Waals surface area contributed by atoms with Crippen LogP contribution >= 0.6 is 38.9 Å². The van der Waals surface area contributed by atoms with Crippen molar-refractivity contribution in [3.05, 3.63) is 118 Å². The lowest BCUT2D eigenvalue weighted by atomic mass is 9.95. The van der Waals surface area contributed by atoms with Crippen molar-refractivity contribution < 1.29 is 23.7 Å². The molecule has 6 rings (SSSR count). The Morgan fingerprint density at radius 3 is 2.69 bits per heavy atom. The number of carbonyl (C=O) groups is 1. The van der Waals surface area contributed by atoms with E-state index in [9.17, 15) is 9.59 Å². The highest BCUT2D eigenvalue weighted by Crippen LogP contribution is 2.38. The lowest BCUT2D eigenvalue weighted by Crippen LogP contribution is -2.39. The Kier molecular flexibility index (Phi) is 7.94. The second-order valence-electron chi connectivity index (χ2n) is 9.52. The molecule has 0 saturated heterocycles. The molecule has 214 valence electrons. The van der Waals surface area contributed by atoms with Gasteiger partial charge in [-0.25, -0.2) is 9.79 Å². The number of nitrogens with zero attached hydrogens (tertiary/aromatic N) is 2. The molecule has 1 atom stereocenters. The van der Waals surface area contributed by atoms with Crippen LogP contribution in [0.2, 0.25) is 5.02 Å². The second kappa shape index (κ2) is 11.8. The van der Waals surface area contributed by atoms with Crippen LogP contribution in [0.3, 0.4) is 0 Å². The minimum atomic E-state index is -0.743. The molecule has 42 heavy (non-hydrogen) atoms. The molecule has 0 aliphatic carbocycles. The van der Waals surface area contributed by atoms with Gasteiger partial charge in [-0.2, -0.15) is 0 Å². The van der Waals surface area contributed by atoms with Gasteiger partial charge < -0.3 is 18.9 Å². The van der Waals surface area contributed by atoms with E-state index in [2.05, 4.69) is 20.9 Å². The summed E-state index contributed by atoms with van der Waals surface area (Å²) in [4.78, 5) is 32.2. The molecule has 11 heteroatoms. The molecule has 0 saturated carbocycles. The van der Waals surface area contributed by atoms with Crippen molar-refractivity contribution in [2.24, 2.45) is 4.99 Å². The first-order valence-corrected chi connectivity index (χ1v) is 15.1. The van der Waals surface area contributed by atoms with Crippen molar-refractivity contribution in [1.29, 1.82) is 0 Å². The van der Waals surface area contributed by atoms with Gasteiger partial charge in [-0.3, -0.25) is 9.36 Å². The molecule has 0 spiro atoms. The van der Waals surface area contributed by atoms with Gasteiger partial charge in [0.15, 0.2) is 16.3 Å². The van der Waals surface area contributed by atoms with Gasteiger partial charge in [-0.05, 0) is 88.9 Å². The maximum Gasteiger partial charge on any atom is 0.338 e. The van der Waals surface area contributed by atoms with Crippen LogP contribution in [0.4, 0.5) is 0 Å². The summed E-state index contributed by atoms with van der Waals surface area (Å²) in [5, 5.41) is 0.670. The summed E-state index contributed by atoms with van der Waals surface area (Å²) in [6.07, 6.45) is 1.80. The standard InChI is InChI=1S/C31H24BrClN2O6S/c1-3-38-30(37)27-17(2)34-31-35(28(27)20-7-11-24-25(14-20)41-16-40-24)29(36)26(42-31)13-19-6-10-23(22(32)12-19)39-15-18-4-8-21(33)9-5-18/h4-14,28H,3,15-16H2,1-2H3/b26-13-/t28-/m0/s1. The van der Waals surface area contributed by atoms with Crippen molar-refractivity contribution >= 4 is 50.9 Å². The Morgan fingerprint density at radius 2 is 1.93 bits per heavy atom. The molecule has 8 nitrogen and oxygen atoms in total. The number of carbonyl (C=O) groups excluding carboxylic acids is 1. The normalized spacial score (nSPS) is 15.8. The van der Waals surface area contributed by atoms with E-state index < -0.39 is 12.0 Å². The van der Waals surface area contributed by atoms with E-state index in [4.69, 9.17) is 30.5 Å². The van der Waals surface area contributed by atoms with Crippen LogP contribution in [0.5, 0.6) is 17.2 Å². The first-order chi connectivity index (χ1) is 20.3. The van der Waals surface area contributed by atoms with Gasteiger partial charge in [0.2, 0.25) is 6.79 Å². The minimum Gasteiger partial charge on any atom is -0.488 e. The Hall–Kier alpha value is -3.86. The average Bonchev–Trinajstić information content (AvgIpc) is 3.56. The minimum absolute atomic E-state index is 0.113. The fourth-order valence-electron chi connectivity index (χ4n) is 4.81. The van der Waals surface area contributed by atoms with Crippen LogP contribution in [0.1, 0.15) is 36.6 Å². The molecule has 3 aromatic carbocycles. The van der Waals surface area contributed by atoms with Gasteiger partial charge in [0.1, 0.15) is 12.4 Å². The molecule has 0 radical (unpaired) electrons. The topological polar surface area (TPSA) is 88.4 Å². The van der Waals surface area contributed by atoms with Gasteiger partial charge >= 0.3 is 5.97 Å². The molecule has 0 unspecified atom stereocenters. The van der Waals surface area contributed by atoms with Crippen LogP contribution in [0.15, 0.2) is 86.2 Å². The molecular formula is C31H24BrClN2O6S. The van der Waals surface area contributed by atoms with Crippen LogP contribution in [-0.4, -0.2) is 23.9 Å². The van der Waals surface area contributed by atoms with Crippen molar-refractivity contribution in [2.75, 3.05) is 13.4 Å². The fourth-order valence-corrected chi connectivity index (χ4v) is 6.49. The molecule has 0 N–H and O–H groups in total. The largest absolute Gasteiger partial charge is 0.488 e. The summed E-state index contributed by atoms with van der Waals surface area (Å²) in [7, 11) is 0. The number of aromatic nitrogens is 1. The number of allylic oxidation sites excluding steroid dienone is 1. The number of fused-ring (bicyclic) bond motifs is 2. The molecule has 0 fully saturated rings. The van der Waals surface area contributed by atoms with E-state index in [1.54, 1.807) is 36.6 Å². The smallest absolute Gasteiger partial charge is 0.338 e. The number of benzene rings is 3. The second-order valence-corrected chi connectivity index (χ2v) is 11.8. The molecule has 1 aromatic heterocycles. The first kappa shape index (κ1) is 28.3. The highest BCUT2D eigenvalue weighted by Gasteiger charge is 2.34. The van der Waals surface area contributed by atoms with Crippen LogP contribution in [-0.2, 0) is 16.1 Å². The number of ether oxygens (including phenoxy) is 4. The zero-order valence-corrected chi connectivity index (χ0v) is 25.7. The van der Waals surface area contributed by atoms with Gasteiger partial charge in [-0.15, -0.1) is 0 Å². The van der Waals surface area contributed by atoms with Gasteiger partial charge in [0.25, 0.3) is 5.56 Å². The number of hydrogen-bond acceptors (Lipinski definition) is 8. The quantitative estimate of drug-likeness (QED) is 0.241. The highest BCUT2D eigenvalue weighted by molar-refractivity contribution is 9.10. The summed E-state index contributed by atoms with van der Waals surface area (Å²) in [5.74, 6) is 1.31. The van der Waals surface area contributed by atoms with Crippen molar-refractivity contribution in [3.8, 4) is 17.2 Å². The third-order valence-electron chi connectivity index (χ3n) is 6.79. The van der Waals surface area contributed by atoms with E-state index in [1.807, 2.05) is 48.5 Å². The predicted molar refractivity (Wildman–Crippen MR) is 163 cm³/mol. The number of halogens is 2. The van der Waals surface area contributed by atoms with Crippen LogP contribution < -0.4 is 29.1 Å². The zero-order valence-electron chi connectivity index (χ0n) is 22.6. The lowest BCUT2D eigenvalue weighted by Gasteiger charge is -2.24. The molecule has 0 bridgehead atoms. The number of thiazole rings is 1. The molecule has 2 aliphatic rings. The summed E-state index contributed by atoms with van der Waals surface area (Å²) >= 11 is 10.8. The Labute approximate surface area is 258 Å². The van der Waals surface area contributed by atoms with Crippen LogP contribution in [0, 0.1) is 0 Å². The molecule has 3 heterocycles. The molecular weight excluding hydrogens is 644 g/mol. The summed E-state index contributed by atoms with van der Waals surface area (Å²) in [6.45, 7) is 4.19. The molecule has 2 aliphatic heterocycles. The van der Waals surface area contributed by atoms with E-state index in [-0.39, 0.29) is 19.0 Å². The van der Waals surface area contributed by atoms with Gasteiger partial charge in [0, 0.05) is 5.02 Å². The SMILES string of the molecule is CCOC(=O)C1=C(C)N=c2s/c(=C\c3ccc(OCc4ccc(Cl)cc4)c(Br)c3)c(=O)n2[C@H]1c1ccc2c(c1)OCO2. The van der Waals surface area contributed by atoms with Crippen molar-refractivity contribution in [2.45, 2.75) is 26.5 Å². The third kappa shape index (κ3) is 5.49. The summed E-state index contributed by atoms with van der Waals surface area (Å²) in [6, 6.07) is 17.7. The predicted octanol–water partition coefficient (Wildman–Crippen LogP) is 5.52. The third-order valence-corrected chi connectivity index (χ3v) is 8.65. The maximum atomic E-state index is 13.9. The van der Waals surface area contributed by atoms with E-state index in [1.165, 1.54) is 11.3 Å². The highest BCUT2D eigenvalue weighted by atomic mass is 79.9. The molecule has 4 aromatic rings. The maximum absolute atomic E-state index is 13.9. The first-order valence-electron chi connectivity index (χ1n) is 13.1. The number of hydrogen-bond donors (Lipinski definition) is 0. The summed E-state index contributed by atoms with van der Waals surface area (Å²) in [5.41, 5.74) is 3.01. The Bertz CT molecular complexity index is 1910. The number of esters is 1. The van der Waals surface area contributed by atoms with Gasteiger partial charge in [0.05, 0.1) is 32.9 Å². The zero-order chi connectivity index (χ0) is 29.4. The van der Waals surface area contributed by atoms with E-state index in [0.29, 0.717) is 55.0 Å². The summed E-state index contributed by atoms with van der Waals surface area (Å²) < 4.78 is 25.2. The molecule has 0 amide bonds.